The van der Waals surface area contributed by atoms with Gasteiger partial charge in [-0.25, -0.2) is 8.42 Å². The van der Waals surface area contributed by atoms with Crippen molar-refractivity contribution in [1.82, 2.24) is 4.31 Å². The lowest BCUT2D eigenvalue weighted by molar-refractivity contribution is 0.213. The van der Waals surface area contributed by atoms with Gasteiger partial charge in [0.05, 0.1) is 6.61 Å². The zero-order valence-corrected chi connectivity index (χ0v) is 13.9. The van der Waals surface area contributed by atoms with E-state index in [2.05, 4.69) is 6.92 Å². The van der Waals surface area contributed by atoms with Crippen molar-refractivity contribution in [2.75, 3.05) is 7.05 Å². The summed E-state index contributed by atoms with van der Waals surface area (Å²) in [5.41, 5.74) is 0.848. The van der Waals surface area contributed by atoms with Crippen LogP contribution in [0, 0.1) is 12.8 Å². The molecule has 0 amide bonds. The largest absolute Gasteiger partial charge is 0.391 e. The third-order valence-electron chi connectivity index (χ3n) is 4.31. The fourth-order valence-electron chi connectivity index (χ4n) is 2.93. The molecule has 1 saturated carbocycles. The molecular formula is C14H23NO3S2. The van der Waals surface area contributed by atoms with Crippen LogP contribution >= 0.6 is 11.3 Å². The first kappa shape index (κ1) is 15.9. The number of aryl methyl sites for hydroxylation is 1. The molecule has 0 bridgehead atoms. The number of aliphatic hydroxyl groups excluding tert-OH is 1. The Bertz CT molecular complexity index is 565. The summed E-state index contributed by atoms with van der Waals surface area (Å²) in [6, 6.07) is 1.77. The van der Waals surface area contributed by atoms with E-state index in [1.165, 1.54) is 17.8 Å². The van der Waals surface area contributed by atoms with Gasteiger partial charge in [0.15, 0.2) is 0 Å². The van der Waals surface area contributed by atoms with Crippen LogP contribution in [0.3, 0.4) is 0 Å². The smallest absolute Gasteiger partial charge is 0.252 e. The summed E-state index contributed by atoms with van der Waals surface area (Å²) in [6.45, 7) is 3.87. The topological polar surface area (TPSA) is 57.6 Å². The van der Waals surface area contributed by atoms with E-state index in [-0.39, 0.29) is 12.6 Å². The Balaban J connectivity index is 2.28. The zero-order valence-electron chi connectivity index (χ0n) is 12.3. The molecule has 0 aromatic carbocycles. The zero-order chi connectivity index (χ0) is 14.9. The maximum Gasteiger partial charge on any atom is 0.252 e. The van der Waals surface area contributed by atoms with Crippen LogP contribution in [0.2, 0.25) is 0 Å². The summed E-state index contributed by atoms with van der Waals surface area (Å²) in [4.78, 5) is 0.730. The minimum Gasteiger partial charge on any atom is -0.391 e. The molecule has 20 heavy (non-hydrogen) atoms. The summed E-state index contributed by atoms with van der Waals surface area (Å²) in [5.74, 6) is 0.405. The molecule has 0 saturated heterocycles. The lowest BCUT2D eigenvalue weighted by Gasteiger charge is -2.35. The predicted molar refractivity (Wildman–Crippen MR) is 81.3 cm³/mol. The molecule has 1 aromatic rings. The highest BCUT2D eigenvalue weighted by atomic mass is 32.2. The molecule has 1 heterocycles. The molecule has 1 fully saturated rings. The standard InChI is InChI=1S/C14H23NO3S2/c1-10-6-4-5-7-12(10)15(3)20(17,18)14-8-11(2)13(9-16)19-14/h8,10,12,16H,4-7,9H2,1-3H3. The first-order chi connectivity index (χ1) is 9.37. The number of nitrogens with zero attached hydrogens (tertiary/aromatic N) is 1. The Hall–Kier alpha value is -0.430. The fraction of sp³-hybridized carbons (Fsp3) is 0.714. The molecule has 1 aromatic heterocycles. The Morgan fingerprint density at radius 2 is 2.05 bits per heavy atom. The van der Waals surface area contributed by atoms with E-state index in [0.717, 1.165) is 29.7 Å². The molecule has 0 radical (unpaired) electrons. The van der Waals surface area contributed by atoms with Crippen molar-refractivity contribution in [3.8, 4) is 0 Å². The number of hydrogen-bond acceptors (Lipinski definition) is 4. The summed E-state index contributed by atoms with van der Waals surface area (Å²) in [7, 11) is -1.75. The van der Waals surface area contributed by atoms with Crippen LogP contribution in [-0.2, 0) is 16.6 Å². The van der Waals surface area contributed by atoms with E-state index in [4.69, 9.17) is 0 Å². The number of hydrogen-bond donors (Lipinski definition) is 1. The Morgan fingerprint density at radius 1 is 1.40 bits per heavy atom. The van der Waals surface area contributed by atoms with E-state index in [1.807, 2.05) is 6.92 Å². The van der Waals surface area contributed by atoms with Crippen LogP contribution in [0.1, 0.15) is 43.0 Å². The molecule has 1 aliphatic rings. The third-order valence-corrected chi connectivity index (χ3v) is 7.86. The molecule has 4 nitrogen and oxygen atoms in total. The van der Waals surface area contributed by atoms with Gasteiger partial charge in [-0.3, -0.25) is 0 Å². The van der Waals surface area contributed by atoms with E-state index in [0.29, 0.717) is 10.1 Å². The molecule has 0 aliphatic heterocycles. The molecule has 0 spiro atoms. The van der Waals surface area contributed by atoms with Gasteiger partial charge >= 0.3 is 0 Å². The van der Waals surface area contributed by atoms with Crippen LogP contribution in [0.5, 0.6) is 0 Å². The van der Waals surface area contributed by atoms with Gasteiger partial charge in [-0.05, 0) is 37.3 Å². The molecular weight excluding hydrogens is 294 g/mol. The van der Waals surface area contributed by atoms with E-state index in [1.54, 1.807) is 17.4 Å². The summed E-state index contributed by atoms with van der Waals surface area (Å²) in [6.07, 6.45) is 4.32. The molecule has 1 aliphatic carbocycles. The lowest BCUT2D eigenvalue weighted by Crippen LogP contribution is -2.42. The highest BCUT2D eigenvalue weighted by Gasteiger charge is 2.34. The van der Waals surface area contributed by atoms with Crippen LogP contribution in [0.25, 0.3) is 0 Å². The highest BCUT2D eigenvalue weighted by Crippen LogP contribution is 2.33. The van der Waals surface area contributed by atoms with Crippen molar-refractivity contribution < 1.29 is 13.5 Å². The van der Waals surface area contributed by atoms with Gasteiger partial charge in [-0.15, -0.1) is 11.3 Å². The van der Waals surface area contributed by atoms with Crippen molar-refractivity contribution in [2.45, 2.75) is 56.4 Å². The van der Waals surface area contributed by atoms with Crippen molar-refractivity contribution in [3.63, 3.8) is 0 Å². The van der Waals surface area contributed by atoms with Crippen molar-refractivity contribution in [1.29, 1.82) is 0 Å². The number of sulfonamides is 1. The average Bonchev–Trinajstić information content (AvgIpc) is 2.80. The van der Waals surface area contributed by atoms with Crippen LogP contribution in [0.15, 0.2) is 10.3 Å². The molecule has 1 N–H and O–H groups in total. The molecule has 6 heteroatoms. The maximum absolute atomic E-state index is 12.7. The first-order valence-corrected chi connectivity index (χ1v) is 9.31. The second-order valence-corrected chi connectivity index (χ2v) is 9.04. The lowest BCUT2D eigenvalue weighted by atomic mass is 9.86. The van der Waals surface area contributed by atoms with E-state index in [9.17, 15) is 13.5 Å². The molecule has 2 atom stereocenters. The van der Waals surface area contributed by atoms with Gasteiger partial charge in [-0.2, -0.15) is 4.31 Å². The normalized spacial score (nSPS) is 24.2. The second-order valence-electron chi connectivity index (χ2n) is 5.68. The van der Waals surface area contributed by atoms with Crippen molar-refractivity contribution in [3.05, 3.63) is 16.5 Å². The minimum absolute atomic E-state index is 0.0914. The van der Waals surface area contributed by atoms with Crippen LogP contribution < -0.4 is 0 Å². The van der Waals surface area contributed by atoms with Gasteiger partial charge in [-0.1, -0.05) is 19.8 Å². The number of rotatable bonds is 4. The summed E-state index contributed by atoms with van der Waals surface area (Å²) < 4.78 is 27.3. The first-order valence-electron chi connectivity index (χ1n) is 7.06. The van der Waals surface area contributed by atoms with Gasteiger partial charge in [0.1, 0.15) is 4.21 Å². The minimum atomic E-state index is -3.44. The Morgan fingerprint density at radius 3 is 2.60 bits per heavy atom. The van der Waals surface area contributed by atoms with Gasteiger partial charge in [0.25, 0.3) is 10.0 Å². The van der Waals surface area contributed by atoms with Crippen molar-refractivity contribution >= 4 is 21.4 Å². The van der Waals surface area contributed by atoms with Gasteiger partial charge in [0, 0.05) is 18.0 Å². The third kappa shape index (κ3) is 2.93. The van der Waals surface area contributed by atoms with Crippen LogP contribution in [-0.4, -0.2) is 30.9 Å². The number of thiophene rings is 1. The van der Waals surface area contributed by atoms with Gasteiger partial charge in [0.2, 0.25) is 0 Å². The average molecular weight is 317 g/mol. The molecule has 2 rings (SSSR count). The quantitative estimate of drug-likeness (QED) is 0.929. The SMILES string of the molecule is Cc1cc(S(=O)(=O)N(C)C2CCCCC2C)sc1CO. The Labute approximate surface area is 125 Å². The number of aliphatic hydroxyl groups is 1. The molecule has 114 valence electrons. The van der Waals surface area contributed by atoms with E-state index < -0.39 is 10.0 Å². The molecule has 2 unspecified atom stereocenters. The summed E-state index contributed by atoms with van der Waals surface area (Å²) >= 11 is 1.18. The fourth-order valence-corrected chi connectivity index (χ4v) is 6.05. The second kappa shape index (κ2) is 6.13. The van der Waals surface area contributed by atoms with Gasteiger partial charge < -0.3 is 5.11 Å². The van der Waals surface area contributed by atoms with E-state index >= 15 is 0 Å². The highest BCUT2D eigenvalue weighted by molar-refractivity contribution is 7.91. The predicted octanol–water partition coefficient (Wildman–Crippen LogP) is 2.75. The maximum atomic E-state index is 12.7. The Kier molecular flexibility index (Phi) is 4.89. The van der Waals surface area contributed by atoms with Crippen molar-refractivity contribution in [2.24, 2.45) is 5.92 Å². The monoisotopic (exact) mass is 317 g/mol. The summed E-state index contributed by atoms with van der Waals surface area (Å²) in [5, 5.41) is 9.23. The van der Waals surface area contributed by atoms with Crippen LogP contribution in [0.4, 0.5) is 0 Å².